The molecule has 0 radical (unpaired) electrons. The molecule has 0 saturated carbocycles. The highest BCUT2D eigenvalue weighted by Crippen LogP contribution is 2.27. The highest BCUT2D eigenvalue weighted by atomic mass is 35.5. The minimum atomic E-state index is 0.178. The van der Waals surface area contributed by atoms with Gasteiger partial charge in [-0.15, -0.1) is 11.8 Å². The summed E-state index contributed by atoms with van der Waals surface area (Å²) in [5.74, 6) is 0.998. The Labute approximate surface area is 129 Å². The second kappa shape index (κ2) is 7.09. The lowest BCUT2D eigenvalue weighted by atomic mass is 10.1. The van der Waals surface area contributed by atoms with Gasteiger partial charge in [0.05, 0.1) is 5.04 Å². The molecule has 0 saturated heterocycles. The number of hydrogen-bond acceptors (Lipinski definition) is 3. The zero-order valence-electron chi connectivity index (χ0n) is 11.8. The lowest BCUT2D eigenvalue weighted by molar-refractivity contribution is -0.114. The van der Waals surface area contributed by atoms with Gasteiger partial charge in [0, 0.05) is 29.0 Å². The highest BCUT2D eigenvalue weighted by molar-refractivity contribution is 8.13. The van der Waals surface area contributed by atoms with Crippen molar-refractivity contribution in [2.24, 2.45) is 4.99 Å². The molecule has 0 unspecified atom stereocenters. The molecule has 1 aliphatic heterocycles. The van der Waals surface area contributed by atoms with E-state index in [9.17, 15) is 4.79 Å². The predicted molar refractivity (Wildman–Crippen MR) is 87.5 cm³/mol. The number of rotatable bonds is 2. The number of hydrogen-bond donors (Lipinski definition) is 0. The fourth-order valence-corrected chi connectivity index (χ4v) is 3.42. The number of carbonyl (C=O) groups is 1. The highest BCUT2D eigenvalue weighted by Gasteiger charge is 2.10. The Bertz CT molecular complexity index is 578. The number of aryl methyl sites for hydroxylation is 1. The molecule has 0 N–H and O–H groups in total. The summed E-state index contributed by atoms with van der Waals surface area (Å²) in [4.78, 5) is 16.0. The van der Waals surface area contributed by atoms with Gasteiger partial charge >= 0.3 is 0 Å². The van der Waals surface area contributed by atoms with Crippen LogP contribution in [0.5, 0.6) is 0 Å². The molecular formula is C16H18ClNOS. The maximum absolute atomic E-state index is 11.4. The topological polar surface area (TPSA) is 29.4 Å². The second-order valence-corrected chi connectivity index (χ2v) is 6.37. The Kier molecular flexibility index (Phi) is 5.44. The minimum Gasteiger partial charge on any atom is -0.295 e. The van der Waals surface area contributed by atoms with Gasteiger partial charge in [-0.2, -0.15) is 0 Å². The summed E-state index contributed by atoms with van der Waals surface area (Å²) >= 11 is 8.02. The van der Waals surface area contributed by atoms with E-state index in [-0.39, 0.29) is 5.78 Å². The van der Waals surface area contributed by atoms with Gasteiger partial charge in [0.2, 0.25) is 0 Å². The molecule has 0 atom stereocenters. The summed E-state index contributed by atoms with van der Waals surface area (Å²) in [5.41, 5.74) is 3.04. The maximum Gasteiger partial charge on any atom is 0.157 e. The molecule has 1 aromatic rings. The number of ketones is 1. The first-order valence-corrected chi connectivity index (χ1v) is 8.08. The molecule has 2 nitrogen and oxygen atoms in total. The molecule has 1 aromatic carbocycles. The van der Waals surface area contributed by atoms with Crippen molar-refractivity contribution in [3.8, 4) is 0 Å². The van der Waals surface area contributed by atoms with Crippen molar-refractivity contribution in [2.75, 3.05) is 0 Å². The van der Waals surface area contributed by atoms with Gasteiger partial charge in [0.25, 0.3) is 0 Å². The second-order valence-electron chi connectivity index (χ2n) is 4.95. The van der Waals surface area contributed by atoms with Gasteiger partial charge in [0.15, 0.2) is 5.78 Å². The number of thioether (sulfide) groups is 1. The normalized spacial score (nSPS) is 18.9. The number of allylic oxidation sites excluding steroid dienone is 2. The lowest BCUT2D eigenvalue weighted by Crippen LogP contribution is -2.03. The number of nitrogens with zero attached hydrogens (tertiary/aromatic N) is 1. The van der Waals surface area contributed by atoms with E-state index < -0.39 is 0 Å². The van der Waals surface area contributed by atoms with Crippen LogP contribution in [0.4, 0.5) is 0 Å². The molecular weight excluding hydrogens is 290 g/mol. The van der Waals surface area contributed by atoms with Crippen LogP contribution in [0.15, 0.2) is 35.0 Å². The quantitative estimate of drug-likeness (QED) is 0.774. The summed E-state index contributed by atoms with van der Waals surface area (Å²) in [6, 6.07) is 6.10. The molecule has 20 heavy (non-hydrogen) atoms. The molecule has 0 spiro atoms. The molecule has 106 valence electrons. The molecule has 0 aliphatic carbocycles. The fraction of sp³-hybridized carbons (Fsp3) is 0.375. The summed E-state index contributed by atoms with van der Waals surface area (Å²) in [6.07, 6.45) is 3.99. The Balaban J connectivity index is 2.08. The SMILES string of the molecule is C/C1=C/C(=O)CCCC(SCc2cccc(C)c2Cl)=N1. The van der Waals surface area contributed by atoms with Crippen LogP contribution in [0.3, 0.4) is 0 Å². The maximum atomic E-state index is 11.4. The van der Waals surface area contributed by atoms with Crippen molar-refractivity contribution >= 4 is 34.2 Å². The smallest absolute Gasteiger partial charge is 0.157 e. The number of aliphatic imine (C=N–C) groups is 1. The van der Waals surface area contributed by atoms with E-state index >= 15 is 0 Å². The van der Waals surface area contributed by atoms with Crippen LogP contribution in [0.2, 0.25) is 5.02 Å². The molecule has 4 heteroatoms. The molecule has 1 aliphatic rings. The average molecular weight is 308 g/mol. The van der Waals surface area contributed by atoms with Crippen LogP contribution in [-0.4, -0.2) is 10.8 Å². The van der Waals surface area contributed by atoms with Gasteiger partial charge in [-0.3, -0.25) is 9.79 Å². The van der Waals surface area contributed by atoms with Crippen molar-refractivity contribution < 1.29 is 4.79 Å². The minimum absolute atomic E-state index is 0.178. The van der Waals surface area contributed by atoms with Crippen LogP contribution in [-0.2, 0) is 10.5 Å². The molecule has 0 fully saturated rings. The number of benzene rings is 1. The van der Waals surface area contributed by atoms with E-state index in [1.807, 2.05) is 26.0 Å². The molecule has 2 rings (SSSR count). The number of halogens is 1. The standard InChI is InChI=1S/C16H18ClNOS/c1-11-5-3-6-13(16(11)17)10-20-15-8-4-7-14(19)9-12(2)18-15/h3,5-6,9H,4,7-8,10H2,1-2H3/b12-9-,18-15?. The summed E-state index contributed by atoms with van der Waals surface area (Å²) in [7, 11) is 0. The first kappa shape index (κ1) is 15.3. The van der Waals surface area contributed by atoms with Gasteiger partial charge in [0.1, 0.15) is 0 Å². The van der Waals surface area contributed by atoms with Crippen molar-refractivity contribution in [3.05, 3.63) is 46.1 Å². The van der Waals surface area contributed by atoms with E-state index in [0.717, 1.165) is 45.5 Å². The Morgan fingerprint density at radius 3 is 2.90 bits per heavy atom. The molecule has 0 aromatic heterocycles. The largest absolute Gasteiger partial charge is 0.295 e. The van der Waals surface area contributed by atoms with Crippen molar-refractivity contribution in [2.45, 2.75) is 38.9 Å². The van der Waals surface area contributed by atoms with Gasteiger partial charge in [-0.25, -0.2) is 0 Å². The van der Waals surface area contributed by atoms with Crippen molar-refractivity contribution in [1.29, 1.82) is 0 Å². The third-order valence-corrected chi connectivity index (χ3v) is 4.78. The first-order valence-electron chi connectivity index (χ1n) is 6.72. The zero-order valence-corrected chi connectivity index (χ0v) is 13.4. The van der Waals surface area contributed by atoms with Gasteiger partial charge in [-0.05, 0) is 37.8 Å². The van der Waals surface area contributed by atoms with E-state index in [1.54, 1.807) is 17.8 Å². The average Bonchev–Trinajstić information content (AvgIpc) is 2.38. The van der Waals surface area contributed by atoms with Crippen LogP contribution < -0.4 is 0 Å². The van der Waals surface area contributed by atoms with Gasteiger partial charge < -0.3 is 0 Å². The van der Waals surface area contributed by atoms with E-state index in [0.29, 0.717) is 6.42 Å². The van der Waals surface area contributed by atoms with Gasteiger partial charge in [-0.1, -0.05) is 29.8 Å². The summed E-state index contributed by atoms with van der Waals surface area (Å²) < 4.78 is 0. The summed E-state index contributed by atoms with van der Waals surface area (Å²) in [5, 5.41) is 1.93. The molecule has 1 heterocycles. The monoisotopic (exact) mass is 307 g/mol. The zero-order chi connectivity index (χ0) is 14.5. The van der Waals surface area contributed by atoms with Crippen molar-refractivity contribution in [3.63, 3.8) is 0 Å². The lowest BCUT2D eigenvalue weighted by Gasteiger charge is -2.10. The number of carbonyl (C=O) groups excluding carboxylic acids is 1. The van der Waals surface area contributed by atoms with E-state index in [4.69, 9.17) is 11.6 Å². The van der Waals surface area contributed by atoms with Crippen LogP contribution >= 0.6 is 23.4 Å². The van der Waals surface area contributed by atoms with E-state index in [1.165, 1.54) is 0 Å². The van der Waals surface area contributed by atoms with E-state index in [2.05, 4.69) is 11.1 Å². The molecule has 0 bridgehead atoms. The summed E-state index contributed by atoms with van der Waals surface area (Å²) in [6.45, 7) is 3.89. The predicted octanol–water partition coefficient (Wildman–Crippen LogP) is 4.94. The Hall–Kier alpha value is -1.06. The fourth-order valence-electron chi connectivity index (χ4n) is 2.09. The van der Waals surface area contributed by atoms with Crippen LogP contribution in [0.1, 0.15) is 37.3 Å². The van der Waals surface area contributed by atoms with Crippen LogP contribution in [0.25, 0.3) is 0 Å². The van der Waals surface area contributed by atoms with Crippen LogP contribution in [0, 0.1) is 6.92 Å². The third-order valence-electron chi connectivity index (χ3n) is 3.15. The third kappa shape index (κ3) is 4.22. The Morgan fingerprint density at radius 2 is 2.10 bits per heavy atom. The molecule has 0 amide bonds. The first-order chi connectivity index (χ1) is 9.56. The van der Waals surface area contributed by atoms with Crippen molar-refractivity contribution in [1.82, 2.24) is 0 Å². The Morgan fingerprint density at radius 1 is 1.30 bits per heavy atom.